The summed E-state index contributed by atoms with van der Waals surface area (Å²) in [6, 6.07) is 6.58. The second kappa shape index (κ2) is 6.42. The molecule has 25 heavy (non-hydrogen) atoms. The van der Waals surface area contributed by atoms with Gasteiger partial charge in [-0.2, -0.15) is 32.0 Å². The molecule has 0 saturated carbocycles. The van der Waals surface area contributed by atoms with Crippen LogP contribution in [0.1, 0.15) is 6.42 Å². The molecule has 2 aliphatic rings. The van der Waals surface area contributed by atoms with Crippen LogP contribution in [0.15, 0.2) is 22.6 Å². The van der Waals surface area contributed by atoms with E-state index in [1.807, 2.05) is 18.2 Å². The van der Waals surface area contributed by atoms with Crippen LogP contribution in [0.25, 0.3) is 22.1 Å². The highest BCUT2D eigenvalue weighted by molar-refractivity contribution is 7.59. The van der Waals surface area contributed by atoms with Crippen molar-refractivity contribution in [2.75, 3.05) is 30.8 Å². The normalized spacial score (nSPS) is 22.4. The van der Waals surface area contributed by atoms with Crippen LogP contribution in [-0.2, 0) is 0 Å². The number of likely N-dealkylation sites (N-methyl/N-ethyl adjacent to an activating group) is 1. The number of rotatable bonds is 1. The van der Waals surface area contributed by atoms with Crippen LogP contribution in [0.2, 0.25) is 5.02 Å². The molecule has 2 aliphatic heterocycles. The number of hydrogen-bond acceptors (Lipinski definition) is 6. The number of likely N-dealkylation sites (tertiary alicyclic amines) is 1. The van der Waals surface area contributed by atoms with Gasteiger partial charge in [0.1, 0.15) is 11.1 Å². The Morgan fingerprint density at radius 2 is 2.00 bits per heavy atom. The van der Waals surface area contributed by atoms with Gasteiger partial charge in [0.05, 0.1) is 0 Å². The van der Waals surface area contributed by atoms with Crippen molar-refractivity contribution in [1.82, 2.24) is 14.9 Å². The van der Waals surface area contributed by atoms with Crippen molar-refractivity contribution in [3.05, 3.63) is 23.2 Å². The molecule has 2 bridgehead atoms. The Balaban J connectivity index is 0.000000911. The second-order valence-corrected chi connectivity index (χ2v) is 6.90. The van der Waals surface area contributed by atoms with Crippen molar-refractivity contribution < 1.29 is 4.42 Å². The number of fused-ring (bicyclic) bond motifs is 5. The maximum Gasteiger partial charge on any atom is 0.222 e. The first-order valence-electron chi connectivity index (χ1n) is 7.72. The molecule has 0 amide bonds. The van der Waals surface area contributed by atoms with Gasteiger partial charge in [0.2, 0.25) is 5.95 Å². The predicted octanol–water partition coefficient (Wildman–Crippen LogP) is 2.73. The maximum absolute atomic E-state index is 6.12. The molecule has 1 aromatic carbocycles. The molecule has 2 aromatic heterocycles. The monoisotopic (exact) mass is 397 g/mol. The van der Waals surface area contributed by atoms with Crippen LogP contribution in [0, 0.1) is 0 Å². The lowest BCUT2D eigenvalue weighted by Crippen LogP contribution is -2.45. The van der Waals surface area contributed by atoms with E-state index >= 15 is 0 Å². The highest BCUT2D eigenvalue weighted by Gasteiger charge is 2.43. The number of halogens is 1. The van der Waals surface area contributed by atoms with E-state index in [0.717, 1.165) is 41.8 Å². The van der Waals surface area contributed by atoms with Crippen molar-refractivity contribution in [2.45, 2.75) is 18.5 Å². The summed E-state index contributed by atoms with van der Waals surface area (Å²) < 4.78 is 6.05. The summed E-state index contributed by atoms with van der Waals surface area (Å²) in [5.74, 6) is 1.08. The van der Waals surface area contributed by atoms with Crippen LogP contribution in [0.5, 0.6) is 0 Å². The highest BCUT2D eigenvalue weighted by Crippen LogP contribution is 2.39. The quantitative estimate of drug-likeness (QED) is 0.680. The minimum absolute atomic E-state index is 0. The molecule has 2 saturated heterocycles. The Morgan fingerprint density at radius 1 is 1.20 bits per heavy atom. The molecule has 2 atom stereocenters. The standard InChI is InChI=1S/C16H16ClN5O.2H2S/c1-21-6-10-5-9(21)7-22(10)15-14-13(19-16(18)20-15)11-4-8(17)2-3-12(11)23-14;;/h2-4,9-10H,5-7H2,1H3,(H2,18,19,20);2*1H2/t9-,10?;;/m0../s1. The fourth-order valence-electron chi connectivity index (χ4n) is 3.94. The van der Waals surface area contributed by atoms with E-state index in [4.69, 9.17) is 21.8 Å². The molecular formula is C16H20ClN5OS2. The molecular weight excluding hydrogens is 378 g/mol. The van der Waals surface area contributed by atoms with E-state index in [0.29, 0.717) is 22.7 Å². The largest absolute Gasteiger partial charge is 0.450 e. The van der Waals surface area contributed by atoms with Crippen molar-refractivity contribution in [3.63, 3.8) is 0 Å². The third-order valence-corrected chi connectivity index (χ3v) is 5.30. The lowest BCUT2D eigenvalue weighted by Gasteiger charge is -2.32. The Bertz CT molecular complexity index is 947. The van der Waals surface area contributed by atoms with E-state index in [9.17, 15) is 0 Å². The zero-order valence-corrected chi connectivity index (χ0v) is 16.4. The first-order valence-corrected chi connectivity index (χ1v) is 8.10. The van der Waals surface area contributed by atoms with E-state index in [1.54, 1.807) is 0 Å². The number of anilines is 2. The van der Waals surface area contributed by atoms with Crippen molar-refractivity contribution in [2.24, 2.45) is 0 Å². The molecule has 6 nitrogen and oxygen atoms in total. The van der Waals surface area contributed by atoms with Gasteiger partial charge < -0.3 is 15.1 Å². The fraction of sp³-hybridized carbons (Fsp3) is 0.375. The average molecular weight is 398 g/mol. The van der Waals surface area contributed by atoms with Gasteiger partial charge in [-0.15, -0.1) is 0 Å². The molecule has 0 spiro atoms. The third-order valence-electron chi connectivity index (χ3n) is 5.06. The van der Waals surface area contributed by atoms with Crippen LogP contribution in [-0.4, -0.2) is 47.1 Å². The van der Waals surface area contributed by atoms with Crippen LogP contribution in [0.3, 0.4) is 0 Å². The van der Waals surface area contributed by atoms with E-state index < -0.39 is 0 Å². The topological polar surface area (TPSA) is 71.4 Å². The fourth-order valence-corrected chi connectivity index (χ4v) is 4.11. The van der Waals surface area contributed by atoms with E-state index in [1.165, 1.54) is 0 Å². The molecule has 2 fully saturated rings. The van der Waals surface area contributed by atoms with Crippen LogP contribution >= 0.6 is 38.6 Å². The minimum Gasteiger partial charge on any atom is -0.450 e. The minimum atomic E-state index is 0. The lowest BCUT2D eigenvalue weighted by atomic mass is 10.2. The Labute approximate surface area is 164 Å². The van der Waals surface area contributed by atoms with Crippen molar-refractivity contribution in [1.29, 1.82) is 0 Å². The second-order valence-electron chi connectivity index (χ2n) is 6.46. The van der Waals surface area contributed by atoms with Crippen molar-refractivity contribution >= 4 is 72.4 Å². The highest BCUT2D eigenvalue weighted by atomic mass is 35.5. The molecule has 0 radical (unpaired) electrons. The Morgan fingerprint density at radius 3 is 2.68 bits per heavy atom. The molecule has 9 heteroatoms. The lowest BCUT2D eigenvalue weighted by molar-refractivity contribution is 0.292. The number of nitrogens with two attached hydrogens (primary N) is 1. The molecule has 5 rings (SSSR count). The smallest absolute Gasteiger partial charge is 0.222 e. The number of piperazine rings is 1. The van der Waals surface area contributed by atoms with Gasteiger partial charge in [-0.1, -0.05) is 11.6 Å². The van der Waals surface area contributed by atoms with E-state index in [-0.39, 0.29) is 32.9 Å². The van der Waals surface area contributed by atoms with Crippen LogP contribution in [0.4, 0.5) is 11.8 Å². The number of nitrogen functional groups attached to an aromatic ring is 1. The predicted molar refractivity (Wildman–Crippen MR) is 112 cm³/mol. The number of furan rings is 1. The average Bonchev–Trinajstić information content (AvgIpc) is 3.18. The maximum atomic E-state index is 6.12. The number of hydrogen-bond donors (Lipinski definition) is 1. The number of aromatic nitrogens is 2. The first-order chi connectivity index (χ1) is 11.1. The zero-order chi connectivity index (χ0) is 15.7. The van der Waals surface area contributed by atoms with Crippen molar-refractivity contribution in [3.8, 4) is 0 Å². The summed E-state index contributed by atoms with van der Waals surface area (Å²) in [5, 5.41) is 1.53. The van der Waals surface area contributed by atoms with E-state index in [2.05, 4.69) is 26.8 Å². The summed E-state index contributed by atoms with van der Waals surface area (Å²) >= 11 is 6.12. The molecule has 3 aromatic rings. The summed E-state index contributed by atoms with van der Waals surface area (Å²) in [4.78, 5) is 13.6. The molecule has 4 heterocycles. The first kappa shape index (κ1) is 18.4. The SMILES string of the molecule is CN1CC2C[C@H]1CN2c1nc(N)nc2c1oc1ccc(Cl)cc12.S.S. The summed E-state index contributed by atoms with van der Waals surface area (Å²) in [5.41, 5.74) is 8.17. The molecule has 0 aliphatic carbocycles. The number of nitrogens with zero attached hydrogens (tertiary/aromatic N) is 4. The number of benzene rings is 1. The summed E-state index contributed by atoms with van der Waals surface area (Å²) in [6.45, 7) is 1.99. The molecule has 1 unspecified atom stereocenters. The third kappa shape index (κ3) is 2.71. The van der Waals surface area contributed by atoms with Gasteiger partial charge >= 0.3 is 0 Å². The van der Waals surface area contributed by atoms with Crippen LogP contribution < -0.4 is 10.6 Å². The molecule has 134 valence electrons. The Kier molecular flexibility index (Phi) is 4.74. The van der Waals surface area contributed by atoms with Gasteiger partial charge in [0.15, 0.2) is 11.4 Å². The summed E-state index contributed by atoms with van der Waals surface area (Å²) in [6.07, 6.45) is 1.16. The molecule has 2 N–H and O–H groups in total. The van der Waals surface area contributed by atoms with Gasteiger partial charge in [-0.05, 0) is 31.7 Å². The van der Waals surface area contributed by atoms with Gasteiger partial charge in [-0.3, -0.25) is 4.90 Å². The summed E-state index contributed by atoms with van der Waals surface area (Å²) in [7, 11) is 2.18. The van der Waals surface area contributed by atoms with Gasteiger partial charge in [0, 0.05) is 35.6 Å². The van der Waals surface area contributed by atoms with Gasteiger partial charge in [-0.25, -0.2) is 4.98 Å². The zero-order valence-electron chi connectivity index (χ0n) is 13.7. The van der Waals surface area contributed by atoms with Gasteiger partial charge in [0.25, 0.3) is 0 Å². The Hall–Kier alpha value is -1.35.